The summed E-state index contributed by atoms with van der Waals surface area (Å²) < 4.78 is 25.0. The highest BCUT2D eigenvalue weighted by atomic mass is 79.9. The Kier molecular flexibility index (Phi) is 4.41. The van der Waals surface area contributed by atoms with Crippen molar-refractivity contribution in [2.24, 2.45) is 5.41 Å². The van der Waals surface area contributed by atoms with Crippen LogP contribution < -0.4 is 5.73 Å². The van der Waals surface area contributed by atoms with Gasteiger partial charge in [0.2, 0.25) is 0 Å². The quantitative estimate of drug-likeness (QED) is 0.860. The Morgan fingerprint density at radius 3 is 2.61 bits per heavy atom. The lowest BCUT2D eigenvalue weighted by Crippen LogP contribution is -2.17. The molecule has 0 aliphatic heterocycles. The molecule has 2 N–H and O–H groups in total. The molecule has 0 bridgehead atoms. The summed E-state index contributed by atoms with van der Waals surface area (Å²) in [6.07, 6.45) is 0.276. The molecule has 0 aromatic heterocycles. The Morgan fingerprint density at radius 2 is 2.06 bits per heavy atom. The molecule has 1 aromatic carbocycles. The topological polar surface area (TPSA) is 84.0 Å². The van der Waals surface area contributed by atoms with Crippen LogP contribution in [0.1, 0.15) is 20.3 Å². The number of anilines is 1. The molecule has 4 nitrogen and oxygen atoms in total. The highest BCUT2D eigenvalue weighted by Gasteiger charge is 2.24. The Hall–Kier alpha value is -1.06. The summed E-state index contributed by atoms with van der Waals surface area (Å²) in [5.41, 5.74) is 5.25. The molecule has 1 rings (SSSR count). The normalized spacial score (nSPS) is 12.1. The van der Waals surface area contributed by atoms with Crippen LogP contribution in [0.4, 0.5) is 5.69 Å². The van der Waals surface area contributed by atoms with E-state index >= 15 is 0 Å². The smallest absolute Gasteiger partial charge is 0.180 e. The first-order valence-corrected chi connectivity index (χ1v) is 7.81. The third kappa shape index (κ3) is 3.72. The molecular weight excluding hydrogens is 316 g/mol. The fourth-order valence-corrected chi connectivity index (χ4v) is 3.58. The summed E-state index contributed by atoms with van der Waals surface area (Å²) in [7, 11) is -3.46. The van der Waals surface area contributed by atoms with Gasteiger partial charge in [-0.05, 0) is 38.5 Å². The summed E-state index contributed by atoms with van der Waals surface area (Å²) in [5, 5.41) is 8.88. The molecule has 0 radical (unpaired) electrons. The predicted molar refractivity (Wildman–Crippen MR) is 74.6 cm³/mol. The van der Waals surface area contributed by atoms with Gasteiger partial charge in [-0.2, -0.15) is 5.26 Å². The number of hydrogen-bond acceptors (Lipinski definition) is 4. The summed E-state index contributed by atoms with van der Waals surface area (Å²) in [4.78, 5) is 0.116. The van der Waals surface area contributed by atoms with Crippen molar-refractivity contribution in [2.75, 3.05) is 11.5 Å². The van der Waals surface area contributed by atoms with E-state index in [0.717, 1.165) is 0 Å². The minimum atomic E-state index is -3.46. The van der Waals surface area contributed by atoms with Gasteiger partial charge < -0.3 is 5.73 Å². The summed E-state index contributed by atoms with van der Waals surface area (Å²) in [6.45, 7) is 3.43. The maximum Gasteiger partial charge on any atom is 0.180 e. The zero-order valence-electron chi connectivity index (χ0n) is 10.3. The molecule has 1 aromatic rings. The van der Waals surface area contributed by atoms with Crippen LogP contribution in [0.15, 0.2) is 27.6 Å². The first-order chi connectivity index (χ1) is 8.18. The van der Waals surface area contributed by atoms with E-state index in [1.54, 1.807) is 26.0 Å². The first kappa shape index (κ1) is 15.0. The summed E-state index contributed by atoms with van der Waals surface area (Å²) in [6, 6.07) is 6.81. The maximum absolute atomic E-state index is 12.2. The number of rotatable bonds is 4. The van der Waals surface area contributed by atoms with Crippen LogP contribution >= 0.6 is 15.9 Å². The minimum Gasteiger partial charge on any atom is -0.398 e. The van der Waals surface area contributed by atoms with Gasteiger partial charge in [-0.3, -0.25) is 0 Å². The van der Waals surface area contributed by atoms with E-state index in [2.05, 4.69) is 22.0 Å². The molecule has 0 amide bonds. The van der Waals surface area contributed by atoms with Crippen LogP contribution in [0.5, 0.6) is 0 Å². The monoisotopic (exact) mass is 330 g/mol. The number of sulfone groups is 1. The van der Waals surface area contributed by atoms with Gasteiger partial charge >= 0.3 is 0 Å². The van der Waals surface area contributed by atoms with Crippen LogP contribution in [-0.4, -0.2) is 14.2 Å². The molecule has 0 fully saturated rings. The molecule has 0 aliphatic carbocycles. The second-order valence-electron chi connectivity index (χ2n) is 4.75. The number of hydrogen-bond donors (Lipinski definition) is 1. The maximum atomic E-state index is 12.2. The van der Waals surface area contributed by atoms with Crippen molar-refractivity contribution >= 4 is 31.5 Å². The molecule has 0 saturated heterocycles. The van der Waals surface area contributed by atoms with E-state index in [1.807, 2.05) is 0 Å². The summed E-state index contributed by atoms with van der Waals surface area (Å²) in [5.74, 6) is -0.0891. The molecular formula is C12H15BrN2O2S. The molecule has 0 spiro atoms. The number of halogens is 1. The number of nitriles is 1. The summed E-state index contributed by atoms with van der Waals surface area (Å²) >= 11 is 3.22. The van der Waals surface area contributed by atoms with Crippen LogP contribution in [0.25, 0.3) is 0 Å². The largest absolute Gasteiger partial charge is 0.398 e. The van der Waals surface area contributed by atoms with E-state index in [-0.39, 0.29) is 22.8 Å². The van der Waals surface area contributed by atoms with Crippen molar-refractivity contribution < 1.29 is 8.42 Å². The van der Waals surface area contributed by atoms with Gasteiger partial charge in [0.25, 0.3) is 0 Å². The Labute approximate surface area is 116 Å². The van der Waals surface area contributed by atoms with Crippen molar-refractivity contribution in [1.29, 1.82) is 5.26 Å². The fourth-order valence-electron chi connectivity index (χ4n) is 1.33. The highest BCUT2D eigenvalue weighted by Crippen LogP contribution is 2.27. The molecule has 18 heavy (non-hydrogen) atoms. The van der Waals surface area contributed by atoms with Crippen molar-refractivity contribution in [3.63, 3.8) is 0 Å². The third-order valence-electron chi connectivity index (χ3n) is 2.61. The van der Waals surface area contributed by atoms with Gasteiger partial charge in [-0.15, -0.1) is 0 Å². The average Bonchev–Trinajstić information content (AvgIpc) is 2.30. The van der Waals surface area contributed by atoms with Gasteiger partial charge in [0.05, 0.1) is 27.8 Å². The van der Waals surface area contributed by atoms with Gasteiger partial charge in [0.1, 0.15) is 0 Å². The van der Waals surface area contributed by atoms with Crippen LogP contribution in [0.2, 0.25) is 0 Å². The fraction of sp³-hybridized carbons (Fsp3) is 0.417. The van der Waals surface area contributed by atoms with Gasteiger partial charge in [0.15, 0.2) is 9.84 Å². The zero-order chi connectivity index (χ0) is 14.0. The molecule has 98 valence electrons. The lowest BCUT2D eigenvalue weighted by Gasteiger charge is -2.15. The van der Waals surface area contributed by atoms with E-state index < -0.39 is 15.3 Å². The lowest BCUT2D eigenvalue weighted by molar-refractivity contribution is 0.473. The van der Waals surface area contributed by atoms with Gasteiger partial charge in [-0.1, -0.05) is 15.9 Å². The number of nitrogens with two attached hydrogens (primary N) is 1. The first-order valence-electron chi connectivity index (χ1n) is 5.37. The van der Waals surface area contributed by atoms with E-state index in [0.29, 0.717) is 4.47 Å². The minimum absolute atomic E-state index is 0.0891. The zero-order valence-corrected chi connectivity index (χ0v) is 12.7. The van der Waals surface area contributed by atoms with Crippen LogP contribution in [-0.2, 0) is 9.84 Å². The third-order valence-corrected chi connectivity index (χ3v) is 4.87. The molecule has 0 unspecified atom stereocenters. The van der Waals surface area contributed by atoms with E-state index in [9.17, 15) is 8.42 Å². The Balaban J connectivity index is 3.02. The van der Waals surface area contributed by atoms with Gasteiger partial charge in [-0.25, -0.2) is 8.42 Å². The molecule has 0 aliphatic rings. The number of nitrogens with zero attached hydrogens (tertiary/aromatic N) is 1. The second kappa shape index (κ2) is 5.29. The van der Waals surface area contributed by atoms with E-state index in [4.69, 9.17) is 11.0 Å². The number of nitrogen functional groups attached to an aromatic ring is 1. The van der Waals surface area contributed by atoms with Crippen LogP contribution in [0.3, 0.4) is 0 Å². The van der Waals surface area contributed by atoms with Crippen LogP contribution in [0, 0.1) is 16.7 Å². The van der Waals surface area contributed by atoms with Gasteiger partial charge in [0, 0.05) is 4.47 Å². The Morgan fingerprint density at radius 1 is 1.44 bits per heavy atom. The standard InChI is InChI=1S/C12H15BrN2O2S/c1-12(2,8-14)5-6-18(16,17)11-7-9(13)3-4-10(11)15/h3-4,7H,5-6,15H2,1-2H3. The average molecular weight is 331 g/mol. The van der Waals surface area contributed by atoms with Crippen molar-refractivity contribution in [1.82, 2.24) is 0 Å². The van der Waals surface area contributed by atoms with Crippen molar-refractivity contribution in [2.45, 2.75) is 25.2 Å². The molecule has 6 heteroatoms. The lowest BCUT2D eigenvalue weighted by atomic mass is 9.93. The number of benzene rings is 1. The second-order valence-corrected chi connectivity index (χ2v) is 7.74. The SMILES string of the molecule is CC(C)(C#N)CCS(=O)(=O)c1cc(Br)ccc1N. The molecule has 0 atom stereocenters. The molecule has 0 saturated carbocycles. The van der Waals surface area contributed by atoms with Crippen molar-refractivity contribution in [3.8, 4) is 6.07 Å². The Bertz CT molecular complexity index is 589. The van der Waals surface area contributed by atoms with Crippen molar-refractivity contribution in [3.05, 3.63) is 22.7 Å². The van der Waals surface area contributed by atoms with E-state index in [1.165, 1.54) is 6.07 Å². The predicted octanol–water partition coefficient (Wildman–Crippen LogP) is 2.74. The highest BCUT2D eigenvalue weighted by molar-refractivity contribution is 9.10. The molecule has 0 heterocycles.